The first-order chi connectivity index (χ1) is 8.41. The van der Waals surface area contributed by atoms with Gasteiger partial charge in [-0.25, -0.2) is 0 Å². The number of hydrogen-bond acceptors (Lipinski definition) is 2. The average Bonchev–Trinajstić information content (AvgIpc) is 2.32. The molecule has 0 saturated heterocycles. The normalized spacial score (nSPS) is 11.5. The highest BCUT2D eigenvalue weighted by atomic mass is 19.4. The Morgan fingerprint density at radius 3 is 2.11 bits per heavy atom. The largest absolute Gasteiger partial charge is 0.505 e. The van der Waals surface area contributed by atoms with Gasteiger partial charge in [0.1, 0.15) is 5.56 Å². The van der Waals surface area contributed by atoms with Gasteiger partial charge in [-0.05, 0) is 17.2 Å². The summed E-state index contributed by atoms with van der Waals surface area (Å²) in [6, 6.07) is 10.6. The van der Waals surface area contributed by atoms with Crippen LogP contribution in [-0.2, 0) is 6.18 Å². The molecule has 2 nitrogen and oxygen atoms in total. The molecule has 0 heterocycles. The fraction of sp³-hybridized carbons (Fsp3) is 0.0769. The van der Waals surface area contributed by atoms with Gasteiger partial charge >= 0.3 is 6.18 Å². The minimum Gasteiger partial charge on any atom is -0.505 e. The second kappa shape index (κ2) is 4.25. The highest BCUT2D eigenvalue weighted by Gasteiger charge is 2.37. The zero-order chi connectivity index (χ0) is 13.3. The highest BCUT2D eigenvalue weighted by Crippen LogP contribution is 2.44. The lowest BCUT2D eigenvalue weighted by atomic mass is 9.97. The molecule has 0 aromatic heterocycles. The molecule has 0 aliphatic rings. The number of phenols is 1. The maximum Gasteiger partial charge on any atom is 0.420 e. The van der Waals surface area contributed by atoms with Crippen LogP contribution in [0.5, 0.6) is 5.75 Å². The van der Waals surface area contributed by atoms with E-state index in [1.54, 1.807) is 30.3 Å². The van der Waals surface area contributed by atoms with Crippen LogP contribution in [0.25, 0.3) is 11.1 Å². The second-order valence-corrected chi connectivity index (χ2v) is 3.79. The van der Waals surface area contributed by atoms with Crippen LogP contribution in [0.2, 0.25) is 0 Å². The van der Waals surface area contributed by atoms with E-state index in [9.17, 15) is 18.3 Å². The van der Waals surface area contributed by atoms with Crippen molar-refractivity contribution in [2.75, 3.05) is 5.73 Å². The van der Waals surface area contributed by atoms with E-state index in [2.05, 4.69) is 0 Å². The molecule has 0 atom stereocenters. The Balaban J connectivity index is 2.73. The molecule has 0 radical (unpaired) electrons. The van der Waals surface area contributed by atoms with E-state index in [-0.39, 0.29) is 11.3 Å². The van der Waals surface area contributed by atoms with E-state index in [1.165, 1.54) is 12.1 Å². The smallest absolute Gasteiger partial charge is 0.420 e. The van der Waals surface area contributed by atoms with Gasteiger partial charge in [0.2, 0.25) is 0 Å². The Kier molecular flexibility index (Phi) is 2.90. The third-order valence-electron chi connectivity index (χ3n) is 2.58. The second-order valence-electron chi connectivity index (χ2n) is 3.79. The molecule has 0 bridgehead atoms. The Morgan fingerprint density at radius 2 is 1.56 bits per heavy atom. The van der Waals surface area contributed by atoms with Gasteiger partial charge in [-0.2, -0.15) is 13.2 Å². The number of anilines is 1. The molecule has 18 heavy (non-hydrogen) atoms. The fourth-order valence-corrected chi connectivity index (χ4v) is 1.75. The van der Waals surface area contributed by atoms with Crippen molar-refractivity contribution in [3.63, 3.8) is 0 Å². The molecule has 0 unspecified atom stereocenters. The van der Waals surface area contributed by atoms with Crippen molar-refractivity contribution < 1.29 is 18.3 Å². The Hall–Kier alpha value is -2.17. The molecule has 0 spiro atoms. The molecule has 2 aromatic rings. The number of nitrogens with two attached hydrogens (primary N) is 1. The molecule has 0 fully saturated rings. The number of phenolic OH excluding ortho intramolecular Hbond substituents is 1. The van der Waals surface area contributed by atoms with Crippen molar-refractivity contribution in [2.24, 2.45) is 0 Å². The topological polar surface area (TPSA) is 46.2 Å². The first kappa shape index (κ1) is 12.3. The molecular weight excluding hydrogens is 243 g/mol. The number of benzene rings is 2. The van der Waals surface area contributed by atoms with Gasteiger partial charge in [0.25, 0.3) is 0 Å². The Labute approximate surface area is 101 Å². The summed E-state index contributed by atoms with van der Waals surface area (Å²) in [5, 5.41) is 9.53. The quantitative estimate of drug-likeness (QED) is 0.601. The first-order valence-corrected chi connectivity index (χ1v) is 5.15. The lowest BCUT2D eigenvalue weighted by Gasteiger charge is -2.16. The van der Waals surface area contributed by atoms with Crippen molar-refractivity contribution in [1.29, 1.82) is 0 Å². The zero-order valence-corrected chi connectivity index (χ0v) is 9.20. The monoisotopic (exact) mass is 253 g/mol. The number of hydrogen-bond donors (Lipinski definition) is 2. The van der Waals surface area contributed by atoms with Crippen LogP contribution >= 0.6 is 0 Å². The van der Waals surface area contributed by atoms with Crippen LogP contribution in [-0.4, -0.2) is 5.11 Å². The van der Waals surface area contributed by atoms with Crippen LogP contribution < -0.4 is 5.73 Å². The van der Waals surface area contributed by atoms with E-state index in [0.29, 0.717) is 5.56 Å². The van der Waals surface area contributed by atoms with Crippen molar-refractivity contribution in [3.8, 4) is 16.9 Å². The minimum atomic E-state index is -4.66. The van der Waals surface area contributed by atoms with E-state index in [1.807, 2.05) is 0 Å². The van der Waals surface area contributed by atoms with Crippen LogP contribution in [0.1, 0.15) is 5.56 Å². The molecular formula is C13H10F3NO. The number of aromatic hydroxyl groups is 1. The van der Waals surface area contributed by atoms with E-state index in [0.717, 1.165) is 0 Å². The first-order valence-electron chi connectivity index (χ1n) is 5.15. The zero-order valence-electron chi connectivity index (χ0n) is 9.20. The van der Waals surface area contributed by atoms with Gasteiger partial charge in [-0.3, -0.25) is 0 Å². The summed E-state index contributed by atoms with van der Waals surface area (Å²) in [6.07, 6.45) is -4.66. The standard InChI is InChI=1S/C13H10F3NO/c14-13(15,16)11-9(6-7-10(17)12(11)18)8-4-2-1-3-5-8/h1-7,18H,17H2. The van der Waals surface area contributed by atoms with Crippen LogP contribution in [0.4, 0.5) is 18.9 Å². The minimum absolute atomic E-state index is 0.0881. The maximum atomic E-state index is 13.0. The van der Waals surface area contributed by atoms with Gasteiger partial charge < -0.3 is 10.8 Å². The van der Waals surface area contributed by atoms with E-state index >= 15 is 0 Å². The summed E-state index contributed by atoms with van der Waals surface area (Å²) in [5.74, 6) is -0.927. The molecule has 0 amide bonds. The summed E-state index contributed by atoms with van der Waals surface area (Å²) >= 11 is 0. The van der Waals surface area contributed by atoms with E-state index in [4.69, 9.17) is 5.73 Å². The van der Waals surface area contributed by atoms with Gasteiger partial charge in [0.15, 0.2) is 5.75 Å². The number of nitrogen functional groups attached to an aromatic ring is 1. The molecule has 2 rings (SSSR count). The summed E-state index contributed by atoms with van der Waals surface area (Å²) in [7, 11) is 0. The summed E-state index contributed by atoms with van der Waals surface area (Å²) in [4.78, 5) is 0. The van der Waals surface area contributed by atoms with Crippen molar-refractivity contribution in [3.05, 3.63) is 48.0 Å². The van der Waals surface area contributed by atoms with Crippen molar-refractivity contribution >= 4 is 5.69 Å². The third-order valence-corrected chi connectivity index (χ3v) is 2.58. The highest BCUT2D eigenvalue weighted by molar-refractivity contribution is 5.75. The molecule has 3 N–H and O–H groups in total. The van der Waals surface area contributed by atoms with Crippen LogP contribution in [0, 0.1) is 0 Å². The lowest BCUT2D eigenvalue weighted by molar-refractivity contribution is -0.138. The van der Waals surface area contributed by atoms with Gasteiger partial charge in [0, 0.05) is 0 Å². The molecule has 0 aliphatic carbocycles. The summed E-state index contributed by atoms with van der Waals surface area (Å²) in [6.45, 7) is 0. The molecule has 2 aromatic carbocycles. The third kappa shape index (κ3) is 2.11. The van der Waals surface area contributed by atoms with Crippen LogP contribution in [0.15, 0.2) is 42.5 Å². The summed E-state index contributed by atoms with van der Waals surface area (Å²) in [5.41, 5.74) is 4.21. The molecule has 0 aliphatic heterocycles. The predicted molar refractivity (Wildman–Crippen MR) is 63.0 cm³/mol. The lowest BCUT2D eigenvalue weighted by Crippen LogP contribution is -2.09. The molecule has 5 heteroatoms. The number of halogens is 3. The van der Waals surface area contributed by atoms with Crippen molar-refractivity contribution in [1.82, 2.24) is 0 Å². The van der Waals surface area contributed by atoms with Crippen LogP contribution in [0.3, 0.4) is 0 Å². The van der Waals surface area contributed by atoms with E-state index < -0.39 is 17.5 Å². The van der Waals surface area contributed by atoms with Gasteiger partial charge in [0.05, 0.1) is 5.69 Å². The maximum absolute atomic E-state index is 13.0. The van der Waals surface area contributed by atoms with Crippen molar-refractivity contribution in [2.45, 2.75) is 6.18 Å². The number of rotatable bonds is 1. The fourth-order valence-electron chi connectivity index (χ4n) is 1.75. The Morgan fingerprint density at radius 1 is 0.944 bits per heavy atom. The predicted octanol–water partition coefficient (Wildman–Crippen LogP) is 3.66. The average molecular weight is 253 g/mol. The molecule has 94 valence electrons. The van der Waals surface area contributed by atoms with Gasteiger partial charge in [-0.1, -0.05) is 36.4 Å². The number of alkyl halides is 3. The SMILES string of the molecule is Nc1ccc(-c2ccccc2)c(C(F)(F)F)c1O. The Bertz CT molecular complexity index is 564. The molecule has 0 saturated carbocycles. The van der Waals surface area contributed by atoms with Gasteiger partial charge in [-0.15, -0.1) is 0 Å². The summed E-state index contributed by atoms with van der Waals surface area (Å²) < 4.78 is 38.9.